The number of carbonyl (C=O) groups is 1. The Bertz CT molecular complexity index is 225. The van der Waals surface area contributed by atoms with Crippen molar-refractivity contribution >= 4 is 30.7 Å². The van der Waals surface area contributed by atoms with Crippen molar-refractivity contribution in [3.8, 4) is 0 Å². The Morgan fingerprint density at radius 3 is 2.44 bits per heavy atom. The highest BCUT2D eigenvalue weighted by atomic mass is 35.5. The van der Waals surface area contributed by atoms with Crippen molar-refractivity contribution in [3.63, 3.8) is 0 Å². The molecule has 1 rings (SSSR count). The molecule has 4 nitrogen and oxygen atoms in total. The predicted octanol–water partition coefficient (Wildman–Crippen LogP) is 1.51. The Balaban J connectivity index is 0. The fourth-order valence-electron chi connectivity index (χ4n) is 2.42. The number of halogens is 2. The Labute approximate surface area is 123 Å². The molecule has 1 aliphatic heterocycles. The topological polar surface area (TPSA) is 49.6 Å². The summed E-state index contributed by atoms with van der Waals surface area (Å²) in [6, 6.07) is 0.567. The summed E-state index contributed by atoms with van der Waals surface area (Å²) in [7, 11) is 0. The molecule has 2 N–H and O–H groups in total. The van der Waals surface area contributed by atoms with E-state index in [9.17, 15) is 4.79 Å². The number of hydrogen-bond donors (Lipinski definition) is 1. The zero-order valence-electron chi connectivity index (χ0n) is 11.4. The fourth-order valence-corrected chi connectivity index (χ4v) is 2.42. The summed E-state index contributed by atoms with van der Waals surface area (Å²) in [6.45, 7) is 8.96. The van der Waals surface area contributed by atoms with Crippen LogP contribution in [0.4, 0.5) is 0 Å². The predicted molar refractivity (Wildman–Crippen MR) is 80.7 cm³/mol. The van der Waals surface area contributed by atoms with Gasteiger partial charge in [0.1, 0.15) is 0 Å². The van der Waals surface area contributed by atoms with Crippen LogP contribution in [0.5, 0.6) is 0 Å². The second kappa shape index (κ2) is 10.9. The second-order valence-corrected chi connectivity index (χ2v) is 4.40. The van der Waals surface area contributed by atoms with Crippen LogP contribution in [0.3, 0.4) is 0 Å². The lowest BCUT2D eigenvalue weighted by atomic mass is 10.2. The van der Waals surface area contributed by atoms with Gasteiger partial charge in [0, 0.05) is 25.6 Å². The normalized spacial score (nSPS) is 18.4. The third-order valence-corrected chi connectivity index (χ3v) is 3.44. The van der Waals surface area contributed by atoms with Crippen molar-refractivity contribution in [2.75, 3.05) is 32.7 Å². The molecule has 0 aromatic heterocycles. The molecule has 1 saturated heterocycles. The summed E-state index contributed by atoms with van der Waals surface area (Å²) in [5, 5.41) is 0. The van der Waals surface area contributed by atoms with Gasteiger partial charge in [-0.1, -0.05) is 13.8 Å². The maximum absolute atomic E-state index is 11.8. The molecule has 0 aromatic rings. The first-order chi connectivity index (χ1) is 7.72. The molecular formula is C12H27Cl2N3O. The third-order valence-electron chi connectivity index (χ3n) is 3.44. The average Bonchev–Trinajstić information content (AvgIpc) is 2.77. The molecule has 0 saturated carbocycles. The zero-order chi connectivity index (χ0) is 12.0. The standard InChI is InChI=1S/C12H25N3O.2ClH/c1-3-14(4-2)11-7-9-15(10-11)12(16)6-5-8-13;;/h11H,3-10,13H2,1-2H3;2*1H. The minimum atomic E-state index is 0. The number of nitrogens with zero attached hydrogens (tertiary/aromatic N) is 2. The van der Waals surface area contributed by atoms with E-state index in [0.717, 1.165) is 39.0 Å². The summed E-state index contributed by atoms with van der Waals surface area (Å²) in [6.07, 6.45) is 2.54. The van der Waals surface area contributed by atoms with Crippen molar-refractivity contribution < 1.29 is 4.79 Å². The van der Waals surface area contributed by atoms with E-state index in [1.54, 1.807) is 0 Å². The summed E-state index contributed by atoms with van der Waals surface area (Å²) >= 11 is 0. The molecule has 1 unspecified atom stereocenters. The van der Waals surface area contributed by atoms with Gasteiger partial charge in [0.25, 0.3) is 0 Å². The number of hydrogen-bond acceptors (Lipinski definition) is 3. The molecule has 110 valence electrons. The van der Waals surface area contributed by atoms with Crippen molar-refractivity contribution in [2.45, 2.75) is 39.2 Å². The number of likely N-dealkylation sites (tertiary alicyclic amines) is 1. The Kier molecular flexibility index (Phi) is 12.2. The smallest absolute Gasteiger partial charge is 0.222 e. The van der Waals surface area contributed by atoms with Crippen LogP contribution >= 0.6 is 24.8 Å². The van der Waals surface area contributed by atoms with Crippen molar-refractivity contribution in [2.24, 2.45) is 5.73 Å². The first-order valence-corrected chi connectivity index (χ1v) is 6.44. The molecule has 1 atom stereocenters. The van der Waals surface area contributed by atoms with Gasteiger partial charge in [0.05, 0.1) is 0 Å². The van der Waals surface area contributed by atoms with Crippen LogP contribution in [-0.2, 0) is 4.79 Å². The third kappa shape index (κ3) is 5.74. The summed E-state index contributed by atoms with van der Waals surface area (Å²) < 4.78 is 0. The molecule has 18 heavy (non-hydrogen) atoms. The molecule has 1 fully saturated rings. The van der Waals surface area contributed by atoms with Crippen LogP contribution in [0.2, 0.25) is 0 Å². The van der Waals surface area contributed by atoms with Crippen LogP contribution in [0.25, 0.3) is 0 Å². The van der Waals surface area contributed by atoms with Gasteiger partial charge in [-0.2, -0.15) is 0 Å². The van der Waals surface area contributed by atoms with E-state index in [2.05, 4.69) is 18.7 Å². The summed E-state index contributed by atoms with van der Waals surface area (Å²) in [4.78, 5) is 16.2. The lowest BCUT2D eigenvalue weighted by Gasteiger charge is -2.26. The van der Waals surface area contributed by atoms with Gasteiger partial charge >= 0.3 is 0 Å². The van der Waals surface area contributed by atoms with Crippen LogP contribution < -0.4 is 5.73 Å². The van der Waals surface area contributed by atoms with Crippen molar-refractivity contribution in [1.82, 2.24) is 9.80 Å². The molecule has 1 aliphatic rings. The van der Waals surface area contributed by atoms with E-state index < -0.39 is 0 Å². The van der Waals surface area contributed by atoms with E-state index >= 15 is 0 Å². The highest BCUT2D eigenvalue weighted by Crippen LogP contribution is 2.16. The summed E-state index contributed by atoms with van der Waals surface area (Å²) in [5.41, 5.74) is 5.42. The highest BCUT2D eigenvalue weighted by Gasteiger charge is 2.28. The van der Waals surface area contributed by atoms with Gasteiger partial charge < -0.3 is 10.6 Å². The zero-order valence-corrected chi connectivity index (χ0v) is 13.1. The first kappa shape index (κ1) is 20.3. The summed E-state index contributed by atoms with van der Waals surface area (Å²) in [5.74, 6) is 0.278. The molecule has 0 aromatic carbocycles. The fraction of sp³-hybridized carbons (Fsp3) is 0.917. The minimum absolute atomic E-state index is 0. The van der Waals surface area contributed by atoms with Crippen molar-refractivity contribution in [1.29, 1.82) is 0 Å². The molecule has 1 amide bonds. The van der Waals surface area contributed by atoms with Crippen LogP contribution in [0.15, 0.2) is 0 Å². The van der Waals surface area contributed by atoms with Gasteiger partial charge in [0.2, 0.25) is 5.91 Å². The van der Waals surface area contributed by atoms with Gasteiger partial charge in [-0.15, -0.1) is 24.8 Å². The molecule has 6 heteroatoms. The SMILES string of the molecule is CCN(CC)C1CCN(C(=O)CCCN)C1.Cl.Cl. The quantitative estimate of drug-likeness (QED) is 0.809. The maximum Gasteiger partial charge on any atom is 0.222 e. The number of rotatable bonds is 6. The van der Waals surface area contributed by atoms with Crippen LogP contribution in [0, 0.1) is 0 Å². The number of amides is 1. The van der Waals surface area contributed by atoms with Crippen LogP contribution in [0.1, 0.15) is 33.1 Å². The minimum Gasteiger partial charge on any atom is -0.341 e. The van der Waals surface area contributed by atoms with Crippen molar-refractivity contribution in [3.05, 3.63) is 0 Å². The highest BCUT2D eigenvalue weighted by molar-refractivity contribution is 5.85. The molecule has 1 heterocycles. The van der Waals surface area contributed by atoms with Gasteiger partial charge in [-0.3, -0.25) is 9.69 Å². The number of nitrogens with two attached hydrogens (primary N) is 1. The second-order valence-electron chi connectivity index (χ2n) is 4.40. The number of likely N-dealkylation sites (N-methyl/N-ethyl adjacent to an activating group) is 1. The Morgan fingerprint density at radius 1 is 1.33 bits per heavy atom. The maximum atomic E-state index is 11.8. The van der Waals surface area contributed by atoms with E-state index in [-0.39, 0.29) is 30.7 Å². The van der Waals surface area contributed by atoms with Gasteiger partial charge in [0.15, 0.2) is 0 Å². The molecule has 0 radical (unpaired) electrons. The van der Waals surface area contributed by atoms with Crippen LogP contribution in [-0.4, -0.2) is 54.5 Å². The number of carbonyl (C=O) groups excluding carboxylic acids is 1. The lowest BCUT2D eigenvalue weighted by Crippen LogP contribution is -2.38. The molecule has 0 spiro atoms. The van der Waals surface area contributed by atoms with E-state index in [1.807, 2.05) is 4.90 Å². The average molecular weight is 300 g/mol. The van der Waals surface area contributed by atoms with Gasteiger partial charge in [-0.25, -0.2) is 0 Å². The molecule has 0 aliphatic carbocycles. The Morgan fingerprint density at radius 2 is 1.94 bits per heavy atom. The lowest BCUT2D eigenvalue weighted by molar-refractivity contribution is -0.130. The first-order valence-electron chi connectivity index (χ1n) is 6.44. The molecule has 0 bridgehead atoms. The monoisotopic (exact) mass is 299 g/mol. The van der Waals surface area contributed by atoms with E-state index in [0.29, 0.717) is 19.0 Å². The largest absolute Gasteiger partial charge is 0.341 e. The van der Waals surface area contributed by atoms with Gasteiger partial charge in [-0.05, 0) is 32.5 Å². The van der Waals surface area contributed by atoms with E-state index in [1.165, 1.54) is 0 Å². The Hall–Kier alpha value is -0.0300. The van der Waals surface area contributed by atoms with E-state index in [4.69, 9.17) is 5.73 Å². The molecular weight excluding hydrogens is 273 g/mol.